The highest BCUT2D eigenvalue weighted by molar-refractivity contribution is 7.85. The number of anilines is 1. The first-order chi connectivity index (χ1) is 8.86. The summed E-state index contributed by atoms with van der Waals surface area (Å²) >= 11 is 6.94. The van der Waals surface area contributed by atoms with Crippen molar-refractivity contribution in [2.45, 2.75) is 11.4 Å². The summed E-state index contributed by atoms with van der Waals surface area (Å²) in [5, 5.41) is 12.4. The van der Waals surface area contributed by atoms with Crippen molar-refractivity contribution in [2.24, 2.45) is 0 Å². The molecular formula is C10H9ClN2O4S2. The van der Waals surface area contributed by atoms with Gasteiger partial charge in [-0.05, 0) is 18.2 Å². The fourth-order valence-corrected chi connectivity index (χ4v) is 2.79. The fraction of sp³-hybridized carbons (Fsp3) is 0.100. The van der Waals surface area contributed by atoms with E-state index in [1.54, 1.807) is 6.20 Å². The Kier molecular flexibility index (Phi) is 3.95. The van der Waals surface area contributed by atoms with E-state index in [-0.39, 0.29) is 16.3 Å². The third-order valence-corrected chi connectivity index (χ3v) is 4.21. The number of benzene rings is 1. The lowest BCUT2D eigenvalue weighted by Crippen LogP contribution is -2.02. The van der Waals surface area contributed by atoms with Crippen LogP contribution in [0.2, 0.25) is 4.47 Å². The van der Waals surface area contributed by atoms with E-state index in [0.29, 0.717) is 11.0 Å². The Morgan fingerprint density at radius 2 is 2.16 bits per heavy atom. The Hall–Kier alpha value is -1.35. The summed E-state index contributed by atoms with van der Waals surface area (Å²) in [6, 6.07) is 3.44. The predicted molar refractivity (Wildman–Crippen MR) is 72.4 cm³/mol. The zero-order valence-corrected chi connectivity index (χ0v) is 11.8. The van der Waals surface area contributed by atoms with Gasteiger partial charge in [0.2, 0.25) is 0 Å². The Bertz CT molecular complexity index is 699. The van der Waals surface area contributed by atoms with Gasteiger partial charge < -0.3 is 10.4 Å². The average Bonchev–Trinajstić information content (AvgIpc) is 2.72. The fourth-order valence-electron chi connectivity index (χ4n) is 1.36. The summed E-state index contributed by atoms with van der Waals surface area (Å²) in [5.41, 5.74) is 0.194. The van der Waals surface area contributed by atoms with Crippen LogP contribution in [0.4, 0.5) is 5.69 Å². The van der Waals surface area contributed by atoms with Gasteiger partial charge in [0.15, 0.2) is 4.47 Å². The lowest BCUT2D eigenvalue weighted by atomic mass is 10.3. The van der Waals surface area contributed by atoms with Gasteiger partial charge in [0.05, 0.1) is 17.1 Å². The Morgan fingerprint density at radius 3 is 2.74 bits per heavy atom. The number of hydrogen-bond donors (Lipinski definition) is 3. The van der Waals surface area contributed by atoms with Crippen LogP contribution in [0.15, 0.2) is 29.3 Å². The first-order valence-corrected chi connectivity index (χ1v) is 7.64. The minimum absolute atomic E-state index is 0.122. The highest BCUT2D eigenvalue weighted by atomic mass is 35.5. The highest BCUT2D eigenvalue weighted by Crippen LogP contribution is 2.27. The average molecular weight is 321 g/mol. The molecule has 0 aliphatic carbocycles. The quantitative estimate of drug-likeness (QED) is 0.590. The second-order valence-electron chi connectivity index (χ2n) is 3.59. The number of hydrogen-bond acceptors (Lipinski definition) is 6. The largest absolute Gasteiger partial charge is 0.506 e. The molecule has 1 aromatic carbocycles. The van der Waals surface area contributed by atoms with E-state index in [0.717, 1.165) is 17.0 Å². The molecule has 6 nitrogen and oxygen atoms in total. The monoisotopic (exact) mass is 320 g/mol. The van der Waals surface area contributed by atoms with E-state index in [2.05, 4.69) is 10.3 Å². The molecular weight excluding hydrogens is 312 g/mol. The zero-order valence-electron chi connectivity index (χ0n) is 9.37. The molecule has 0 saturated carbocycles. The Morgan fingerprint density at radius 1 is 1.42 bits per heavy atom. The lowest BCUT2D eigenvalue weighted by molar-refractivity contribution is 0.474. The van der Waals surface area contributed by atoms with E-state index < -0.39 is 10.1 Å². The summed E-state index contributed by atoms with van der Waals surface area (Å²) in [5.74, 6) is -0.122. The lowest BCUT2D eigenvalue weighted by Gasteiger charge is -2.08. The Labute approximate surface area is 118 Å². The van der Waals surface area contributed by atoms with Crippen LogP contribution in [0.3, 0.4) is 0 Å². The number of nitrogens with zero attached hydrogens (tertiary/aromatic N) is 1. The molecule has 102 valence electrons. The maximum absolute atomic E-state index is 11.0. The van der Waals surface area contributed by atoms with Gasteiger partial charge in [-0.25, -0.2) is 4.98 Å². The van der Waals surface area contributed by atoms with Gasteiger partial charge in [-0.1, -0.05) is 11.6 Å². The molecule has 0 aliphatic rings. The molecule has 1 heterocycles. The van der Waals surface area contributed by atoms with Crippen molar-refractivity contribution in [3.63, 3.8) is 0 Å². The summed E-state index contributed by atoms with van der Waals surface area (Å²) in [7, 11) is -4.30. The van der Waals surface area contributed by atoms with Crippen molar-refractivity contribution >= 4 is 38.7 Å². The number of phenolic OH excluding ortho intramolecular Hbond substituents is 1. The molecule has 0 unspecified atom stereocenters. The van der Waals surface area contributed by atoms with E-state index >= 15 is 0 Å². The molecule has 0 fully saturated rings. The third kappa shape index (κ3) is 3.57. The molecule has 0 bridgehead atoms. The van der Waals surface area contributed by atoms with Gasteiger partial charge in [-0.3, -0.25) is 4.55 Å². The van der Waals surface area contributed by atoms with Gasteiger partial charge in [-0.15, -0.1) is 11.3 Å². The summed E-state index contributed by atoms with van der Waals surface area (Å²) in [6.45, 7) is 0.326. The number of halogens is 1. The van der Waals surface area contributed by atoms with Gasteiger partial charge >= 0.3 is 0 Å². The minimum Gasteiger partial charge on any atom is -0.506 e. The van der Waals surface area contributed by atoms with Gasteiger partial charge in [0.1, 0.15) is 5.75 Å². The van der Waals surface area contributed by atoms with Crippen molar-refractivity contribution in [3.05, 3.63) is 33.7 Å². The van der Waals surface area contributed by atoms with Crippen LogP contribution in [0.5, 0.6) is 5.75 Å². The number of rotatable bonds is 4. The molecule has 0 atom stereocenters. The second-order valence-corrected chi connectivity index (χ2v) is 6.71. The van der Waals surface area contributed by atoms with Crippen LogP contribution in [-0.4, -0.2) is 23.1 Å². The second kappa shape index (κ2) is 5.33. The van der Waals surface area contributed by atoms with Crippen LogP contribution >= 0.6 is 22.9 Å². The molecule has 19 heavy (non-hydrogen) atoms. The third-order valence-electron chi connectivity index (χ3n) is 2.24. The smallest absolute Gasteiger partial charge is 0.294 e. The van der Waals surface area contributed by atoms with Crippen molar-refractivity contribution in [3.8, 4) is 5.75 Å². The molecule has 0 spiro atoms. The van der Waals surface area contributed by atoms with Crippen molar-refractivity contribution in [1.29, 1.82) is 0 Å². The molecule has 9 heteroatoms. The van der Waals surface area contributed by atoms with Gasteiger partial charge in [-0.2, -0.15) is 8.42 Å². The zero-order chi connectivity index (χ0) is 14.0. The van der Waals surface area contributed by atoms with Crippen LogP contribution in [0.1, 0.15) is 4.88 Å². The summed E-state index contributed by atoms with van der Waals surface area (Å²) in [4.78, 5) is 4.38. The van der Waals surface area contributed by atoms with Gasteiger partial charge in [0, 0.05) is 11.1 Å². The minimum atomic E-state index is -4.30. The number of thiazole rings is 1. The van der Waals surface area contributed by atoms with Crippen molar-refractivity contribution < 1.29 is 18.1 Å². The van der Waals surface area contributed by atoms with E-state index in [1.165, 1.54) is 17.4 Å². The summed E-state index contributed by atoms with van der Waals surface area (Å²) < 4.78 is 31.3. The number of aromatic hydroxyl groups is 1. The molecule has 0 saturated heterocycles. The van der Waals surface area contributed by atoms with Crippen LogP contribution in [0.25, 0.3) is 0 Å². The van der Waals surface area contributed by atoms with Gasteiger partial charge in [0.25, 0.3) is 10.1 Å². The molecule has 0 amide bonds. The van der Waals surface area contributed by atoms with E-state index in [1.807, 2.05) is 0 Å². The van der Waals surface area contributed by atoms with Crippen molar-refractivity contribution in [1.82, 2.24) is 4.98 Å². The normalized spacial score (nSPS) is 11.5. The van der Waals surface area contributed by atoms with E-state index in [9.17, 15) is 13.5 Å². The topological polar surface area (TPSA) is 99.5 Å². The molecule has 2 aromatic rings. The molecule has 0 radical (unpaired) electrons. The first kappa shape index (κ1) is 14.1. The summed E-state index contributed by atoms with van der Waals surface area (Å²) in [6.07, 6.45) is 1.57. The van der Waals surface area contributed by atoms with Crippen molar-refractivity contribution in [2.75, 3.05) is 5.32 Å². The van der Waals surface area contributed by atoms with E-state index in [4.69, 9.17) is 16.2 Å². The van der Waals surface area contributed by atoms with Crippen LogP contribution in [-0.2, 0) is 16.7 Å². The number of phenols is 1. The molecule has 3 N–H and O–H groups in total. The number of nitrogens with one attached hydrogen (secondary N) is 1. The predicted octanol–water partition coefficient (Wildman–Crippen LogP) is 2.36. The van der Waals surface area contributed by atoms with Crippen LogP contribution in [0, 0.1) is 0 Å². The molecule has 1 aromatic heterocycles. The standard InChI is InChI=1S/C10H9ClN2O4S2/c11-10-13-5-6(18-10)4-12-8-3-7(19(15,16)17)1-2-9(8)14/h1-3,5,12,14H,4H2,(H,15,16,17). The maximum atomic E-state index is 11.0. The van der Waals surface area contributed by atoms with Crippen LogP contribution < -0.4 is 5.32 Å². The number of aromatic nitrogens is 1. The highest BCUT2D eigenvalue weighted by Gasteiger charge is 2.12. The SMILES string of the molecule is O=S(=O)(O)c1ccc(O)c(NCc2cnc(Cl)s2)c1. The molecule has 0 aliphatic heterocycles. The maximum Gasteiger partial charge on any atom is 0.294 e. The molecule has 2 rings (SSSR count). The first-order valence-electron chi connectivity index (χ1n) is 5.01. The Balaban J connectivity index is 2.20.